The number of aliphatic hydroxyl groups excluding tert-OH is 3. The van der Waals surface area contributed by atoms with Gasteiger partial charge in [0, 0.05) is 19.3 Å². The number of hydrogen-bond donors (Lipinski definition) is 6. The Morgan fingerprint density at radius 1 is 0.202 bits per heavy atom. The molecule has 0 aromatic carbocycles. The van der Waals surface area contributed by atoms with Gasteiger partial charge in [-0.1, -0.05) is 0 Å². The third-order valence-corrected chi connectivity index (χ3v) is 13.0. The van der Waals surface area contributed by atoms with E-state index in [4.69, 9.17) is 29.0 Å². The van der Waals surface area contributed by atoms with E-state index in [0.717, 1.165) is 0 Å². The van der Waals surface area contributed by atoms with Crippen LogP contribution >= 0.6 is 0 Å². The first kappa shape index (κ1) is 101. The van der Waals surface area contributed by atoms with Gasteiger partial charge in [0.25, 0.3) is 30.4 Å². The fourth-order valence-electron chi connectivity index (χ4n) is 4.89. The van der Waals surface area contributed by atoms with Gasteiger partial charge in [-0.3, -0.25) is 13.7 Å². The van der Waals surface area contributed by atoms with Crippen LogP contribution in [0.4, 0.5) is 224 Å². The van der Waals surface area contributed by atoms with Crippen molar-refractivity contribution in [2.45, 2.75) is 168 Å². The van der Waals surface area contributed by atoms with Crippen molar-refractivity contribution in [1.29, 1.82) is 0 Å². The summed E-state index contributed by atoms with van der Waals surface area (Å²) in [5.41, 5.74) is 0. The molecule has 0 rings (SSSR count). The largest absolute Gasteiger partial charge is 0.460 e. The van der Waals surface area contributed by atoms with Gasteiger partial charge in [-0.2, -0.15) is 249 Å². The molecule has 0 saturated carbocycles. The molecule has 0 spiro atoms. The minimum atomic E-state index is -8.74. The van der Waals surface area contributed by atoms with E-state index in [1.807, 2.05) is 0 Å². The van der Waals surface area contributed by atoms with Crippen LogP contribution in [0.15, 0.2) is 0 Å². The second kappa shape index (κ2) is 28.5. The lowest BCUT2D eigenvalue weighted by atomic mass is 9.88. The van der Waals surface area contributed by atoms with E-state index in [-0.39, 0.29) is 13.2 Å². The van der Waals surface area contributed by atoms with Gasteiger partial charge in [0.05, 0.1) is 30.5 Å². The Balaban J connectivity index is -0.000000654. The van der Waals surface area contributed by atoms with E-state index in [2.05, 4.69) is 0 Å². The van der Waals surface area contributed by atoms with Gasteiger partial charge in [-0.25, -0.2) is 0 Å². The van der Waals surface area contributed by atoms with E-state index >= 15 is 0 Å². The monoisotopic (exact) mass is 1680 g/mol. The maximum atomic E-state index is 13.3. The van der Waals surface area contributed by atoms with Crippen LogP contribution in [0.3, 0.4) is 0 Å². The molecule has 0 amide bonds. The molecule has 0 fully saturated rings. The summed E-state index contributed by atoms with van der Waals surface area (Å²) in [6, 6.07) is 0. The normalized spacial score (nSPS) is 16.2. The molecular formula is C33H23F51O12S3. The molecule has 0 radical (unpaired) electrons. The van der Waals surface area contributed by atoms with Crippen molar-refractivity contribution < 1.29 is 278 Å². The van der Waals surface area contributed by atoms with Gasteiger partial charge >= 0.3 is 143 Å². The minimum absolute atomic E-state index is 0.365. The van der Waals surface area contributed by atoms with Crippen molar-refractivity contribution >= 4 is 30.4 Å². The van der Waals surface area contributed by atoms with E-state index in [1.54, 1.807) is 0 Å². The average molecular weight is 1680 g/mol. The molecule has 0 unspecified atom stereocenters. The minimum Gasteiger partial charge on any atom is -0.394 e. The summed E-state index contributed by atoms with van der Waals surface area (Å²) in [5.74, 6) is -181. The molecular weight excluding hydrogens is 1650 g/mol. The molecule has 0 aliphatic rings. The molecule has 0 aliphatic heterocycles. The van der Waals surface area contributed by atoms with Crippen molar-refractivity contribution in [2.24, 2.45) is 0 Å². The number of rotatable bonds is 29. The van der Waals surface area contributed by atoms with Gasteiger partial charge in [-0.05, 0) is 0 Å². The molecule has 0 aromatic heterocycles. The SMILES string of the molecule is O=S(=O)(O)CCC(F)(F)C(F)(F)C(F)(F)C(F)(F)C(F)(F)C(F)(F)C(F)(F)C(F)(F)F.O=S(=O)(O)CCC(F)(F)C(F)(F)C(F)(F)C(F)(F)C(F)(F)C(F)(F)C(F)(F)C(F)(F)F.O=S(=O)(O)CCC(F)(F)C(F)(F)C(F)(F)C(F)(F)C(F)(F)C(F)(F)C(F)(F)C(F)(F)F.OCC(O)CO. The Hall–Kier alpha value is -3.96. The highest BCUT2D eigenvalue weighted by atomic mass is 32.2. The first-order chi connectivity index (χ1) is 41.7. The van der Waals surface area contributed by atoms with E-state index in [9.17, 15) is 249 Å². The second-order valence-corrected chi connectivity index (χ2v) is 22.8. The lowest BCUT2D eigenvalue weighted by molar-refractivity contribution is -0.461. The number of hydrogen-bond acceptors (Lipinski definition) is 9. The van der Waals surface area contributed by atoms with Crippen LogP contribution in [0, 0.1) is 0 Å². The zero-order chi connectivity index (χ0) is 82.7. The number of alkyl halides is 51. The topological polar surface area (TPSA) is 224 Å². The molecule has 0 saturated heterocycles. The molecule has 0 atom stereocenters. The van der Waals surface area contributed by atoms with Crippen molar-refractivity contribution in [1.82, 2.24) is 0 Å². The zero-order valence-corrected chi connectivity index (χ0v) is 46.3. The van der Waals surface area contributed by atoms with Crippen LogP contribution in [0.2, 0.25) is 0 Å². The van der Waals surface area contributed by atoms with Crippen molar-refractivity contribution in [3.63, 3.8) is 0 Å². The maximum Gasteiger partial charge on any atom is 0.460 e. The Kier molecular flexibility index (Phi) is 29.2. The fraction of sp³-hybridized carbons (Fsp3) is 1.00. The molecule has 0 heterocycles. The molecule has 66 heteroatoms. The first-order valence-corrected chi connectivity index (χ1v) is 26.4. The smallest absolute Gasteiger partial charge is 0.394 e. The summed E-state index contributed by atoms with van der Waals surface area (Å²) in [6.45, 7) is -0.729. The second-order valence-electron chi connectivity index (χ2n) is 18.1. The molecule has 12 nitrogen and oxygen atoms in total. The third-order valence-electron chi connectivity index (χ3n) is 10.8. The van der Waals surface area contributed by atoms with Crippen molar-refractivity contribution in [3.8, 4) is 0 Å². The number of aliphatic hydroxyl groups is 3. The highest BCUT2D eigenvalue weighted by Gasteiger charge is 2.98. The van der Waals surface area contributed by atoms with Gasteiger partial charge in [-0.15, -0.1) is 0 Å². The van der Waals surface area contributed by atoms with Crippen LogP contribution in [-0.4, -0.2) is 234 Å². The molecule has 602 valence electrons. The lowest BCUT2D eigenvalue weighted by Gasteiger charge is -2.42. The number of halogens is 51. The quantitative estimate of drug-likeness (QED) is 0.0304. The summed E-state index contributed by atoms with van der Waals surface area (Å²) in [4.78, 5) is 0. The van der Waals surface area contributed by atoms with Crippen molar-refractivity contribution in [2.75, 3.05) is 30.5 Å². The van der Waals surface area contributed by atoms with Crippen LogP contribution in [0.5, 0.6) is 0 Å². The Bertz CT molecular complexity index is 2710. The summed E-state index contributed by atoms with van der Waals surface area (Å²) >= 11 is 0. The lowest BCUT2D eigenvalue weighted by Crippen LogP contribution is -2.74. The van der Waals surface area contributed by atoms with Gasteiger partial charge < -0.3 is 15.3 Å². The van der Waals surface area contributed by atoms with Gasteiger partial charge in [0.15, 0.2) is 0 Å². The fourth-order valence-corrected chi connectivity index (χ4v) is 6.43. The summed E-state index contributed by atoms with van der Waals surface area (Å²) in [6.07, 6.45) is -34.2. The van der Waals surface area contributed by atoms with Gasteiger partial charge in [0.2, 0.25) is 0 Å². The van der Waals surface area contributed by atoms with Crippen LogP contribution < -0.4 is 0 Å². The highest BCUT2D eigenvalue weighted by Crippen LogP contribution is 2.68. The molecule has 0 aliphatic carbocycles. The highest BCUT2D eigenvalue weighted by molar-refractivity contribution is 7.86. The Labute approximate surface area is 507 Å². The van der Waals surface area contributed by atoms with Crippen LogP contribution in [-0.2, 0) is 30.4 Å². The molecule has 0 aromatic rings. The zero-order valence-electron chi connectivity index (χ0n) is 43.9. The summed E-state index contributed by atoms with van der Waals surface area (Å²) in [7, 11) is -17.2. The summed E-state index contributed by atoms with van der Waals surface area (Å²) in [5, 5.41) is 24.0. The van der Waals surface area contributed by atoms with E-state index < -0.39 is 216 Å². The Morgan fingerprint density at radius 2 is 0.303 bits per heavy atom. The maximum absolute atomic E-state index is 13.3. The van der Waals surface area contributed by atoms with E-state index in [0.29, 0.717) is 0 Å². The average Bonchev–Trinajstić information content (AvgIpc) is 0.708. The van der Waals surface area contributed by atoms with Gasteiger partial charge in [0.1, 0.15) is 6.10 Å². The van der Waals surface area contributed by atoms with Crippen molar-refractivity contribution in [3.05, 3.63) is 0 Å². The Morgan fingerprint density at radius 3 is 0.384 bits per heavy atom. The molecule has 6 N–H and O–H groups in total. The molecule has 99 heavy (non-hydrogen) atoms. The third kappa shape index (κ3) is 18.1. The summed E-state index contributed by atoms with van der Waals surface area (Å²) < 4.78 is 741. The standard InChI is InChI=1S/3C10H5F17O3S.C3H8O3/c3*11-3(12,1-2-31(28,29)30)4(13,14)5(15,16)6(17,18)7(19,20)8(21,22)9(23,24)10(25,26)27;4-1-3(6)2-5/h3*1-2H2,(H,28,29,30);3-6H,1-2H2. The van der Waals surface area contributed by atoms with Crippen LogP contribution in [0.1, 0.15) is 19.3 Å². The van der Waals surface area contributed by atoms with E-state index in [1.165, 1.54) is 0 Å². The van der Waals surface area contributed by atoms with Crippen LogP contribution in [0.25, 0.3) is 0 Å². The predicted octanol–water partition coefficient (Wildman–Crippen LogP) is 14.2. The molecule has 0 bridgehead atoms. The predicted molar refractivity (Wildman–Crippen MR) is 205 cm³/mol. The first-order valence-electron chi connectivity index (χ1n) is 21.6.